The molecule has 0 aliphatic rings. The van der Waals surface area contributed by atoms with Gasteiger partial charge in [0.1, 0.15) is 0 Å². The summed E-state index contributed by atoms with van der Waals surface area (Å²) in [4.78, 5) is 25.0. The number of benzene rings is 1. The Kier molecular flexibility index (Phi) is 3.94. The number of hydrogen-bond acceptors (Lipinski definition) is 2. The molecule has 4 nitrogen and oxygen atoms in total. The van der Waals surface area contributed by atoms with Crippen molar-refractivity contribution in [2.75, 3.05) is 0 Å². The van der Waals surface area contributed by atoms with Gasteiger partial charge in [-0.05, 0) is 27.6 Å². The average molecular weight is 350 g/mol. The molecule has 1 heterocycles. The highest BCUT2D eigenvalue weighted by molar-refractivity contribution is 9.10. The molecule has 0 saturated carbocycles. The van der Waals surface area contributed by atoms with Crippen molar-refractivity contribution in [3.8, 4) is 0 Å². The fourth-order valence-electron chi connectivity index (χ4n) is 1.45. The third-order valence-corrected chi connectivity index (χ3v) is 3.76. The molecule has 0 atom stereocenters. The molecule has 0 radical (unpaired) electrons. The van der Waals surface area contributed by atoms with Gasteiger partial charge in [0.25, 0.3) is 5.56 Å². The quantitative estimate of drug-likeness (QED) is 0.906. The first-order chi connectivity index (χ1) is 8.49. The Morgan fingerprint density at radius 3 is 2.72 bits per heavy atom. The third kappa shape index (κ3) is 2.68. The van der Waals surface area contributed by atoms with Crippen LogP contribution in [-0.4, -0.2) is 9.55 Å². The van der Waals surface area contributed by atoms with Gasteiger partial charge in [-0.3, -0.25) is 14.3 Å². The van der Waals surface area contributed by atoms with Crippen LogP contribution in [-0.2, 0) is 6.54 Å². The molecule has 0 aliphatic heterocycles. The van der Waals surface area contributed by atoms with E-state index in [0.29, 0.717) is 15.6 Å². The number of nitrogens with zero attached hydrogens (tertiary/aromatic N) is 1. The maximum absolute atomic E-state index is 11.6. The number of aromatic nitrogens is 2. The fraction of sp³-hybridized carbons (Fsp3) is 0.0909. The summed E-state index contributed by atoms with van der Waals surface area (Å²) in [7, 11) is 0. The number of aromatic amines is 1. The summed E-state index contributed by atoms with van der Waals surface area (Å²) in [6.45, 7) is 0.230. The minimum absolute atomic E-state index is 0.230. The van der Waals surface area contributed by atoms with Gasteiger partial charge in [-0.1, -0.05) is 35.3 Å². The molecule has 2 rings (SSSR count). The van der Waals surface area contributed by atoms with Crippen molar-refractivity contribution < 1.29 is 0 Å². The molecule has 0 unspecified atom stereocenters. The van der Waals surface area contributed by atoms with Crippen LogP contribution in [0.15, 0.2) is 38.5 Å². The van der Waals surface area contributed by atoms with Crippen molar-refractivity contribution >= 4 is 39.1 Å². The Bertz CT molecular complexity index is 709. The minimum Gasteiger partial charge on any atom is -0.295 e. The standard InChI is InChI=1S/C11H7BrCl2N2O2/c12-7-5-16(11(18)15-10(7)17)4-6-2-1-3-8(13)9(6)14/h1-3,5H,4H2,(H,15,17,18). The summed E-state index contributed by atoms with van der Waals surface area (Å²) < 4.78 is 1.61. The Morgan fingerprint density at radius 1 is 1.28 bits per heavy atom. The summed E-state index contributed by atoms with van der Waals surface area (Å²) in [5, 5.41) is 0.819. The van der Waals surface area contributed by atoms with Crippen molar-refractivity contribution in [2.45, 2.75) is 6.54 Å². The third-order valence-electron chi connectivity index (χ3n) is 2.34. The van der Waals surface area contributed by atoms with E-state index in [1.807, 2.05) is 0 Å². The molecule has 0 amide bonds. The van der Waals surface area contributed by atoms with Crippen molar-refractivity contribution in [2.24, 2.45) is 0 Å². The SMILES string of the molecule is O=c1[nH]c(=O)n(Cc2cccc(Cl)c2Cl)cc1Br. The molecule has 0 spiro atoms. The normalized spacial score (nSPS) is 10.6. The van der Waals surface area contributed by atoms with E-state index in [1.165, 1.54) is 10.8 Å². The summed E-state index contributed by atoms with van der Waals surface area (Å²) >= 11 is 15.0. The lowest BCUT2D eigenvalue weighted by atomic mass is 10.2. The first kappa shape index (κ1) is 13.4. The van der Waals surface area contributed by atoms with E-state index >= 15 is 0 Å². The maximum Gasteiger partial charge on any atom is 0.328 e. The second kappa shape index (κ2) is 5.30. The molecule has 0 fully saturated rings. The largest absolute Gasteiger partial charge is 0.328 e. The Balaban J connectivity index is 2.47. The Morgan fingerprint density at radius 2 is 2.00 bits per heavy atom. The van der Waals surface area contributed by atoms with Crippen LogP contribution < -0.4 is 11.2 Å². The smallest absolute Gasteiger partial charge is 0.295 e. The zero-order valence-corrected chi connectivity index (χ0v) is 12.0. The zero-order valence-electron chi connectivity index (χ0n) is 8.91. The Labute approximate surface area is 120 Å². The Hall–Kier alpha value is -1.04. The second-order valence-electron chi connectivity index (χ2n) is 3.58. The van der Waals surface area contributed by atoms with Gasteiger partial charge in [0, 0.05) is 6.20 Å². The summed E-state index contributed by atoms with van der Waals surface area (Å²) in [6, 6.07) is 5.17. The number of nitrogens with one attached hydrogen (secondary N) is 1. The first-order valence-electron chi connectivity index (χ1n) is 4.91. The molecule has 1 aromatic carbocycles. The molecule has 1 N–H and O–H groups in total. The molecule has 2 aromatic rings. The zero-order chi connectivity index (χ0) is 13.3. The van der Waals surface area contributed by atoms with Gasteiger partial charge in [0.05, 0.1) is 21.1 Å². The fourth-order valence-corrected chi connectivity index (χ4v) is 2.18. The molecular formula is C11H7BrCl2N2O2. The van der Waals surface area contributed by atoms with Crippen LogP contribution in [0.3, 0.4) is 0 Å². The molecule has 0 bridgehead atoms. The van der Waals surface area contributed by atoms with Crippen LogP contribution in [0.4, 0.5) is 0 Å². The van der Waals surface area contributed by atoms with Crippen molar-refractivity contribution in [3.63, 3.8) is 0 Å². The van der Waals surface area contributed by atoms with Gasteiger partial charge in [-0.2, -0.15) is 0 Å². The summed E-state index contributed by atoms with van der Waals surface area (Å²) in [5.74, 6) is 0. The molecule has 0 saturated heterocycles. The van der Waals surface area contributed by atoms with E-state index in [2.05, 4.69) is 20.9 Å². The van der Waals surface area contributed by atoms with Crippen LogP contribution >= 0.6 is 39.1 Å². The van der Waals surface area contributed by atoms with Gasteiger partial charge in [0.2, 0.25) is 0 Å². The van der Waals surface area contributed by atoms with E-state index in [0.717, 1.165) is 0 Å². The first-order valence-corrected chi connectivity index (χ1v) is 6.46. The molecule has 18 heavy (non-hydrogen) atoms. The van der Waals surface area contributed by atoms with E-state index in [1.54, 1.807) is 18.2 Å². The predicted octanol–water partition coefficient (Wildman–Crippen LogP) is 2.65. The van der Waals surface area contributed by atoms with Crippen molar-refractivity contribution in [1.82, 2.24) is 9.55 Å². The number of rotatable bonds is 2. The highest BCUT2D eigenvalue weighted by Gasteiger charge is 2.07. The van der Waals surface area contributed by atoms with Gasteiger partial charge >= 0.3 is 5.69 Å². The predicted molar refractivity (Wildman–Crippen MR) is 74.6 cm³/mol. The van der Waals surface area contributed by atoms with Crippen LogP contribution in [0.1, 0.15) is 5.56 Å². The second-order valence-corrected chi connectivity index (χ2v) is 5.22. The monoisotopic (exact) mass is 348 g/mol. The van der Waals surface area contributed by atoms with Crippen LogP contribution in [0.2, 0.25) is 10.0 Å². The number of H-pyrrole nitrogens is 1. The van der Waals surface area contributed by atoms with Gasteiger partial charge < -0.3 is 0 Å². The highest BCUT2D eigenvalue weighted by atomic mass is 79.9. The van der Waals surface area contributed by atoms with Gasteiger partial charge in [-0.15, -0.1) is 0 Å². The van der Waals surface area contributed by atoms with Crippen molar-refractivity contribution in [3.05, 3.63) is 65.3 Å². The molecule has 94 valence electrons. The lowest BCUT2D eigenvalue weighted by molar-refractivity contribution is 0.716. The molecule has 1 aromatic heterocycles. The number of hydrogen-bond donors (Lipinski definition) is 1. The van der Waals surface area contributed by atoms with E-state index in [-0.39, 0.29) is 11.0 Å². The topological polar surface area (TPSA) is 54.9 Å². The van der Waals surface area contributed by atoms with Crippen LogP contribution in [0.25, 0.3) is 0 Å². The van der Waals surface area contributed by atoms with Crippen LogP contribution in [0.5, 0.6) is 0 Å². The highest BCUT2D eigenvalue weighted by Crippen LogP contribution is 2.25. The van der Waals surface area contributed by atoms with E-state index in [4.69, 9.17) is 23.2 Å². The lowest BCUT2D eigenvalue weighted by Gasteiger charge is -2.08. The maximum atomic E-state index is 11.6. The van der Waals surface area contributed by atoms with Gasteiger partial charge in [-0.25, -0.2) is 4.79 Å². The van der Waals surface area contributed by atoms with E-state index in [9.17, 15) is 9.59 Å². The minimum atomic E-state index is -0.501. The van der Waals surface area contributed by atoms with Crippen molar-refractivity contribution in [1.29, 1.82) is 0 Å². The molecule has 7 heteroatoms. The lowest BCUT2D eigenvalue weighted by Crippen LogP contribution is -2.30. The average Bonchev–Trinajstić information content (AvgIpc) is 2.32. The van der Waals surface area contributed by atoms with Crippen LogP contribution in [0, 0.1) is 0 Å². The summed E-state index contributed by atoms with van der Waals surface area (Å²) in [5.41, 5.74) is -0.266. The summed E-state index contributed by atoms with van der Waals surface area (Å²) in [6.07, 6.45) is 1.42. The van der Waals surface area contributed by atoms with Gasteiger partial charge in [0.15, 0.2) is 0 Å². The number of halogens is 3. The van der Waals surface area contributed by atoms with E-state index < -0.39 is 11.2 Å². The molecule has 0 aliphatic carbocycles. The molecular weight excluding hydrogens is 343 g/mol.